The number of anilines is 4. The Bertz CT molecular complexity index is 1370. The van der Waals surface area contributed by atoms with Crippen LogP contribution in [0.25, 0.3) is 5.69 Å². The van der Waals surface area contributed by atoms with E-state index in [1.807, 2.05) is 34.7 Å². The summed E-state index contributed by atoms with van der Waals surface area (Å²) in [5, 5.41) is 17.5. The van der Waals surface area contributed by atoms with Crippen LogP contribution in [0.15, 0.2) is 60.4 Å². The second-order valence-electron chi connectivity index (χ2n) is 8.09. The largest absolute Gasteiger partial charge is 0.508 e. The summed E-state index contributed by atoms with van der Waals surface area (Å²) in [6.07, 6.45) is 7.85. The van der Waals surface area contributed by atoms with Gasteiger partial charge in [-0.15, -0.1) is 0 Å². The fourth-order valence-corrected chi connectivity index (χ4v) is 3.67. The number of benzene rings is 1. The van der Waals surface area contributed by atoms with E-state index >= 15 is 0 Å². The highest BCUT2D eigenvalue weighted by Crippen LogP contribution is 2.25. The number of pyridine rings is 1. The summed E-state index contributed by atoms with van der Waals surface area (Å²) < 4.78 is 21.3. The first-order valence-electron chi connectivity index (χ1n) is 11.3. The van der Waals surface area contributed by atoms with E-state index in [-0.39, 0.29) is 17.5 Å². The van der Waals surface area contributed by atoms with Crippen LogP contribution in [0.3, 0.4) is 0 Å². The molecule has 1 aliphatic heterocycles. The molecular weight excluding hydrogens is 465 g/mol. The minimum atomic E-state index is -0.491. The van der Waals surface area contributed by atoms with E-state index in [0.29, 0.717) is 37.7 Å². The van der Waals surface area contributed by atoms with Crippen molar-refractivity contribution in [1.82, 2.24) is 24.5 Å². The third-order valence-electron chi connectivity index (χ3n) is 5.38. The van der Waals surface area contributed by atoms with E-state index in [0.717, 1.165) is 23.3 Å². The normalized spacial score (nSPS) is 13.8. The topological polar surface area (TPSA) is 126 Å². The van der Waals surface area contributed by atoms with Crippen LogP contribution < -0.4 is 15.6 Å². The van der Waals surface area contributed by atoms with Crippen LogP contribution in [0, 0.1) is 12.7 Å². The molecule has 1 saturated heterocycles. The number of ether oxygens (including phenoxy) is 1. The van der Waals surface area contributed by atoms with Gasteiger partial charge in [0.1, 0.15) is 5.75 Å². The maximum atomic E-state index is 14.2. The molecule has 12 heteroatoms. The Morgan fingerprint density at radius 2 is 1.94 bits per heavy atom. The van der Waals surface area contributed by atoms with Crippen LogP contribution in [0.4, 0.5) is 27.5 Å². The van der Waals surface area contributed by atoms with Crippen molar-refractivity contribution in [1.29, 1.82) is 0 Å². The smallest absolute Gasteiger partial charge is 0.245 e. The molecule has 0 atom stereocenters. The highest BCUT2D eigenvalue weighted by molar-refractivity contribution is 5.78. The Labute approximate surface area is 206 Å². The Balaban J connectivity index is 1.22. The quantitative estimate of drug-likeness (QED) is 0.265. The van der Waals surface area contributed by atoms with Gasteiger partial charge in [-0.05, 0) is 25.1 Å². The highest BCUT2D eigenvalue weighted by atomic mass is 19.1. The molecule has 4 aromatic rings. The lowest BCUT2D eigenvalue weighted by Crippen LogP contribution is -2.37. The van der Waals surface area contributed by atoms with Crippen molar-refractivity contribution in [2.75, 3.05) is 41.9 Å². The van der Waals surface area contributed by atoms with Gasteiger partial charge < -0.3 is 24.6 Å². The predicted octanol–water partition coefficient (Wildman–Crippen LogP) is 3.24. The third-order valence-corrected chi connectivity index (χ3v) is 5.38. The molecule has 11 nitrogen and oxygen atoms in total. The van der Waals surface area contributed by atoms with Crippen molar-refractivity contribution in [2.24, 2.45) is 5.10 Å². The zero-order valence-electron chi connectivity index (χ0n) is 19.5. The molecule has 0 bridgehead atoms. The number of aromatic hydroxyl groups is 1. The number of hydrazone groups is 1. The number of hydrogen-bond donors (Lipinski definition) is 3. The second kappa shape index (κ2) is 10.4. The lowest BCUT2D eigenvalue weighted by Gasteiger charge is -2.27. The van der Waals surface area contributed by atoms with Gasteiger partial charge in [0.25, 0.3) is 0 Å². The van der Waals surface area contributed by atoms with Gasteiger partial charge in [0.2, 0.25) is 5.95 Å². The minimum Gasteiger partial charge on any atom is -0.508 e. The number of nitrogens with zero attached hydrogens (tertiary/aromatic N) is 7. The average Bonchev–Trinajstić information content (AvgIpc) is 3.33. The van der Waals surface area contributed by atoms with E-state index in [1.54, 1.807) is 30.7 Å². The lowest BCUT2D eigenvalue weighted by molar-refractivity contribution is 0.122. The zero-order valence-corrected chi connectivity index (χ0v) is 19.5. The van der Waals surface area contributed by atoms with Crippen molar-refractivity contribution in [3.8, 4) is 11.4 Å². The van der Waals surface area contributed by atoms with Gasteiger partial charge in [-0.2, -0.15) is 10.1 Å². The molecule has 0 spiro atoms. The summed E-state index contributed by atoms with van der Waals surface area (Å²) in [6.45, 7) is 4.08. The summed E-state index contributed by atoms with van der Waals surface area (Å²) in [5.41, 5.74) is 6.40. The van der Waals surface area contributed by atoms with Crippen LogP contribution in [0.1, 0.15) is 11.4 Å². The Hall–Kier alpha value is -4.58. The third kappa shape index (κ3) is 5.55. The Kier molecular flexibility index (Phi) is 6.67. The number of halogens is 1. The summed E-state index contributed by atoms with van der Waals surface area (Å²) in [6, 6.07) is 8.80. The van der Waals surface area contributed by atoms with Gasteiger partial charge in [0.05, 0.1) is 60.9 Å². The van der Waals surface area contributed by atoms with Gasteiger partial charge in [0, 0.05) is 37.1 Å². The second-order valence-corrected chi connectivity index (χ2v) is 8.09. The molecule has 36 heavy (non-hydrogen) atoms. The first-order valence-corrected chi connectivity index (χ1v) is 11.3. The fourth-order valence-electron chi connectivity index (χ4n) is 3.67. The summed E-state index contributed by atoms with van der Waals surface area (Å²) in [5.74, 6) is 0.0390. The maximum Gasteiger partial charge on any atom is 0.245 e. The Morgan fingerprint density at radius 1 is 1.08 bits per heavy atom. The van der Waals surface area contributed by atoms with Gasteiger partial charge in [-0.1, -0.05) is 0 Å². The van der Waals surface area contributed by atoms with Gasteiger partial charge in [-0.25, -0.2) is 19.8 Å². The standard InChI is InChI=1S/C24H24FN9O2/c1-16-14-34(15-28-16)20-8-19(9-21(35)10-20)30-18-3-2-17(26-11-18)12-29-32-24-27-13-22(25)23(31-24)33-4-6-36-7-5-33/h2-3,8-15,30,35H,4-7H2,1H3,(H,27,31,32)/b29-12+. The maximum absolute atomic E-state index is 14.2. The predicted molar refractivity (Wildman–Crippen MR) is 134 cm³/mol. The molecule has 1 aromatic carbocycles. The number of morpholine rings is 1. The number of phenolic OH excluding ortho intramolecular Hbond substituents is 1. The number of aryl methyl sites for hydroxylation is 1. The van der Waals surface area contributed by atoms with Crippen LogP contribution in [0.5, 0.6) is 5.75 Å². The van der Waals surface area contributed by atoms with Crippen LogP contribution >= 0.6 is 0 Å². The molecule has 4 heterocycles. The van der Waals surface area contributed by atoms with Crippen molar-refractivity contribution in [2.45, 2.75) is 6.92 Å². The van der Waals surface area contributed by atoms with Crippen molar-refractivity contribution in [3.63, 3.8) is 0 Å². The molecule has 0 radical (unpaired) electrons. The fraction of sp³-hybridized carbons (Fsp3) is 0.208. The molecule has 1 aliphatic rings. The molecule has 3 aromatic heterocycles. The number of phenols is 1. The molecular formula is C24H24FN9O2. The number of aromatic nitrogens is 5. The zero-order chi connectivity index (χ0) is 24.9. The Morgan fingerprint density at radius 3 is 2.69 bits per heavy atom. The first kappa shape index (κ1) is 23.2. The average molecular weight is 490 g/mol. The molecule has 184 valence electrons. The molecule has 1 fully saturated rings. The van der Waals surface area contributed by atoms with Crippen molar-refractivity contribution >= 4 is 29.4 Å². The molecule has 3 N–H and O–H groups in total. The summed E-state index contributed by atoms with van der Waals surface area (Å²) >= 11 is 0. The highest BCUT2D eigenvalue weighted by Gasteiger charge is 2.17. The van der Waals surface area contributed by atoms with Crippen LogP contribution in [0.2, 0.25) is 0 Å². The molecule has 0 unspecified atom stereocenters. The SMILES string of the molecule is Cc1cn(-c2cc(O)cc(Nc3ccc(/C=N/Nc4ncc(F)c(N5CCOCC5)n4)nc3)c2)cn1. The van der Waals surface area contributed by atoms with E-state index in [1.165, 1.54) is 6.21 Å². The van der Waals surface area contributed by atoms with Crippen LogP contribution in [-0.2, 0) is 4.74 Å². The van der Waals surface area contributed by atoms with E-state index < -0.39 is 5.82 Å². The number of imidazole rings is 1. The molecule has 0 amide bonds. The van der Waals surface area contributed by atoms with E-state index in [9.17, 15) is 9.50 Å². The lowest BCUT2D eigenvalue weighted by atomic mass is 10.2. The summed E-state index contributed by atoms with van der Waals surface area (Å²) in [4.78, 5) is 18.6. The number of nitrogens with one attached hydrogen (secondary N) is 2. The van der Waals surface area contributed by atoms with E-state index in [2.05, 4.69) is 35.8 Å². The molecule has 0 aliphatic carbocycles. The van der Waals surface area contributed by atoms with Gasteiger partial charge in [0.15, 0.2) is 11.6 Å². The van der Waals surface area contributed by atoms with Crippen molar-refractivity contribution in [3.05, 3.63) is 72.5 Å². The van der Waals surface area contributed by atoms with E-state index in [4.69, 9.17) is 4.74 Å². The number of hydrogen-bond acceptors (Lipinski definition) is 10. The minimum absolute atomic E-state index is 0.129. The van der Waals surface area contributed by atoms with Crippen molar-refractivity contribution < 1.29 is 14.2 Å². The number of rotatable bonds is 7. The summed E-state index contributed by atoms with van der Waals surface area (Å²) in [7, 11) is 0. The van der Waals surface area contributed by atoms with Gasteiger partial charge in [-0.3, -0.25) is 4.98 Å². The van der Waals surface area contributed by atoms with Crippen LogP contribution in [-0.4, -0.2) is 62.1 Å². The molecule has 0 saturated carbocycles. The van der Waals surface area contributed by atoms with Gasteiger partial charge >= 0.3 is 0 Å². The monoisotopic (exact) mass is 489 g/mol. The first-order chi connectivity index (χ1) is 17.5. The molecule has 5 rings (SSSR count).